The number of esters is 4. The second-order valence-electron chi connectivity index (χ2n) is 35.5. The number of phosphoric acid groups is 2. The molecule has 0 aromatic rings. The van der Waals surface area contributed by atoms with Crippen molar-refractivity contribution < 1.29 is 120 Å². The molecule has 27 nitrogen and oxygen atoms in total. The number of amides is 2. The number of nitrogens with one attached hydrogen (secondary N) is 2. The Morgan fingerprint density at radius 1 is 0.333 bits per heavy atom. The van der Waals surface area contributed by atoms with Gasteiger partial charge in [0.25, 0.3) is 0 Å². The lowest BCUT2D eigenvalue weighted by atomic mass is 9.95. The molecular weight excluding hydrogens is 1620 g/mol. The molecule has 724 valence electrons. The van der Waals surface area contributed by atoms with Gasteiger partial charge in [-0.1, -0.05) is 375 Å². The van der Waals surface area contributed by atoms with E-state index < -0.39 is 176 Å². The quantitative estimate of drug-likeness (QED) is 0.0117. The molecule has 2 fully saturated rings. The van der Waals surface area contributed by atoms with Crippen LogP contribution in [0.2, 0.25) is 0 Å². The Balaban J connectivity index is 2.84. The summed E-state index contributed by atoms with van der Waals surface area (Å²) >= 11 is 0. The predicted octanol–water partition coefficient (Wildman–Crippen LogP) is 20.6. The van der Waals surface area contributed by atoms with Crippen molar-refractivity contribution in [3.8, 4) is 0 Å². The molecule has 2 heterocycles. The molecule has 2 amide bonds. The summed E-state index contributed by atoms with van der Waals surface area (Å²) in [4.78, 5) is 128. The summed E-state index contributed by atoms with van der Waals surface area (Å²) in [6.45, 7) is 10.9. The summed E-state index contributed by atoms with van der Waals surface area (Å²) < 4.78 is 80.1. The normalized spacial score (nSPS) is 20.4. The van der Waals surface area contributed by atoms with Crippen molar-refractivity contribution in [3.05, 3.63) is 0 Å². The number of hydrogen-bond donors (Lipinski definition) is 10. The Hall–Kier alpha value is -3.24. The van der Waals surface area contributed by atoms with E-state index in [2.05, 4.69) is 52.2 Å². The number of aliphatic hydroxyl groups is 4. The van der Waals surface area contributed by atoms with Crippen LogP contribution >= 0.6 is 15.6 Å². The third-order valence-corrected chi connectivity index (χ3v) is 24.9. The zero-order valence-electron chi connectivity index (χ0n) is 77.6. The van der Waals surface area contributed by atoms with Gasteiger partial charge in [-0.3, -0.25) is 37.8 Å². The molecule has 2 aliphatic rings. The number of hydrogen-bond acceptors (Lipinski definition) is 21. The third-order valence-electron chi connectivity index (χ3n) is 23.9. The van der Waals surface area contributed by atoms with Gasteiger partial charge in [-0.2, -0.15) is 0 Å². The minimum atomic E-state index is -5.69. The van der Waals surface area contributed by atoms with E-state index in [4.69, 9.17) is 42.2 Å². The molecule has 0 saturated carbocycles. The first-order chi connectivity index (χ1) is 59.3. The fourth-order valence-corrected chi connectivity index (χ4v) is 17.6. The van der Waals surface area contributed by atoms with Gasteiger partial charge in [-0.15, -0.1) is 0 Å². The first kappa shape index (κ1) is 116. The summed E-state index contributed by atoms with van der Waals surface area (Å²) in [6.07, 6.45) is 34.0. The maximum Gasteiger partial charge on any atom is 0.472 e. The fraction of sp³-hybridized carbons (Fsp3) is 0.936. The molecule has 0 radical (unpaired) electrons. The largest absolute Gasteiger partial charge is 0.472 e. The van der Waals surface area contributed by atoms with E-state index in [1.165, 1.54) is 64.2 Å². The summed E-state index contributed by atoms with van der Waals surface area (Å²) in [5.41, 5.74) is 0. The Bertz CT molecular complexity index is 2710. The highest BCUT2D eigenvalue weighted by molar-refractivity contribution is 7.46. The van der Waals surface area contributed by atoms with Gasteiger partial charge >= 0.3 is 39.5 Å². The van der Waals surface area contributed by atoms with Crippen LogP contribution in [0.3, 0.4) is 0 Å². The van der Waals surface area contributed by atoms with Gasteiger partial charge in [0.05, 0.1) is 51.1 Å². The average molecular weight is 1800 g/mol. The molecule has 0 bridgehead atoms. The van der Waals surface area contributed by atoms with E-state index in [1.54, 1.807) is 0 Å². The van der Waals surface area contributed by atoms with E-state index in [9.17, 15) is 68.3 Å². The number of aliphatic hydroxyl groups excluding tert-OH is 4. The van der Waals surface area contributed by atoms with Crippen LogP contribution in [0.5, 0.6) is 0 Å². The molecule has 29 heteroatoms. The number of unbranched alkanes of at least 4 members (excludes halogenated alkanes) is 50. The lowest BCUT2D eigenvalue weighted by molar-refractivity contribution is -0.297. The summed E-state index contributed by atoms with van der Waals surface area (Å²) in [7, 11) is -11.4. The standard InChI is InChI=1S/C94H178N2O25P2/c1-7-13-19-25-31-37-38-44-50-56-62-68-84(103)115-78(66-60-54-48-42-35-29-23-17-11-5)72-86(105)119-92-88(96-82(101)71-77(65-59-53-47-41-34-28-22-16-10-4)114-83(102)67-61-55-49-43-36-30-24-18-12-6)93(116-79(73-97)90(92)120-122(107,108)109)113-74-80-89(106)91(118-85(104)70-76(99)64-58-52-46-40-33-27-21-15-9-3)87(94(117-80)121-123(110,111)112)95-81(100)69-75(98)63-57-51-45-39-32-26-20-14-8-2/h75-80,87-94,97-99,106H,7-74H2,1-6H3,(H,95,100)(H,96,101)(H2,107,108,109)(H2,110,111,112)/t75-,76-,77-,78-,79?,80?,87?,88+,89-,90-,91?,92?,93-,94-/m1/s1. The van der Waals surface area contributed by atoms with Crippen LogP contribution in [0.4, 0.5) is 0 Å². The molecule has 2 aliphatic heterocycles. The molecular formula is C94H178N2O25P2. The Morgan fingerprint density at radius 3 is 0.984 bits per heavy atom. The monoisotopic (exact) mass is 1800 g/mol. The van der Waals surface area contributed by atoms with Gasteiger partial charge < -0.3 is 83.8 Å². The highest BCUT2D eigenvalue weighted by Gasteiger charge is 2.55. The average Bonchev–Trinajstić information content (AvgIpc) is 0.778. The highest BCUT2D eigenvalue weighted by Crippen LogP contribution is 2.44. The van der Waals surface area contributed by atoms with Crippen LogP contribution in [0.1, 0.15) is 465 Å². The lowest BCUT2D eigenvalue weighted by Crippen LogP contribution is -2.68. The number of carbonyl (C=O) groups excluding carboxylic acids is 6. The zero-order valence-corrected chi connectivity index (χ0v) is 79.4. The number of rotatable bonds is 84. The smallest absolute Gasteiger partial charge is 0.462 e. The molecule has 14 atom stereocenters. The Labute approximate surface area is 742 Å². The van der Waals surface area contributed by atoms with Gasteiger partial charge in [0.2, 0.25) is 11.8 Å². The Morgan fingerprint density at radius 2 is 0.626 bits per heavy atom. The van der Waals surface area contributed by atoms with E-state index in [1.807, 2.05) is 0 Å². The van der Waals surface area contributed by atoms with Crippen LogP contribution in [-0.4, -0.2) is 175 Å². The third kappa shape index (κ3) is 61.9. The molecule has 2 rings (SSSR count). The fourth-order valence-electron chi connectivity index (χ4n) is 16.6. The highest BCUT2D eigenvalue weighted by atomic mass is 31.2. The maximum atomic E-state index is 15.2. The van der Waals surface area contributed by atoms with Gasteiger partial charge in [0, 0.05) is 12.8 Å². The summed E-state index contributed by atoms with van der Waals surface area (Å²) in [5, 5.41) is 51.5. The topological polar surface area (TPSA) is 406 Å². The number of phosphoric ester groups is 2. The zero-order chi connectivity index (χ0) is 90.4. The van der Waals surface area contributed by atoms with E-state index in [0.717, 1.165) is 257 Å². The van der Waals surface area contributed by atoms with Crippen molar-refractivity contribution >= 4 is 51.3 Å². The molecule has 2 saturated heterocycles. The van der Waals surface area contributed by atoms with E-state index in [-0.39, 0.29) is 38.5 Å². The van der Waals surface area contributed by atoms with Crippen molar-refractivity contribution in [3.63, 3.8) is 0 Å². The second-order valence-corrected chi connectivity index (χ2v) is 37.9. The van der Waals surface area contributed by atoms with E-state index >= 15 is 9.59 Å². The van der Waals surface area contributed by atoms with Gasteiger partial charge in [0.1, 0.15) is 48.7 Å². The molecule has 0 aromatic heterocycles. The summed E-state index contributed by atoms with van der Waals surface area (Å²) in [5.74, 6) is -5.04. The van der Waals surface area contributed by atoms with Gasteiger partial charge in [-0.05, 0) is 51.4 Å². The van der Waals surface area contributed by atoms with Gasteiger partial charge in [-0.25, -0.2) is 9.13 Å². The minimum absolute atomic E-state index is 0.0781. The molecule has 0 spiro atoms. The van der Waals surface area contributed by atoms with Crippen molar-refractivity contribution in [1.29, 1.82) is 0 Å². The van der Waals surface area contributed by atoms with Crippen molar-refractivity contribution in [2.75, 3.05) is 13.2 Å². The van der Waals surface area contributed by atoms with Crippen LogP contribution in [-0.2, 0) is 80.1 Å². The predicted molar refractivity (Wildman–Crippen MR) is 481 cm³/mol. The number of ether oxygens (including phenoxy) is 7. The van der Waals surface area contributed by atoms with Crippen LogP contribution in [0, 0.1) is 0 Å². The minimum Gasteiger partial charge on any atom is -0.462 e. The molecule has 123 heavy (non-hydrogen) atoms. The Kier molecular flexibility index (Phi) is 71.0. The molecule has 0 aliphatic carbocycles. The molecule has 5 unspecified atom stereocenters. The number of carbonyl (C=O) groups is 6. The van der Waals surface area contributed by atoms with Crippen LogP contribution in [0.25, 0.3) is 0 Å². The maximum absolute atomic E-state index is 15.2. The molecule has 10 N–H and O–H groups in total. The van der Waals surface area contributed by atoms with E-state index in [0.29, 0.717) is 38.5 Å². The first-order valence-electron chi connectivity index (χ1n) is 49.7. The lowest BCUT2D eigenvalue weighted by Gasteiger charge is -2.47. The SMILES string of the molecule is CCCCCCCCCCCCCC(=O)O[C@H](CCCCCCCCCCC)CC(=O)OC1[C@H](OP(=O)(O)O)C(CO)O[C@@H](OCC2O[C@H](OP(=O)(O)O)C(NC(=O)C[C@H](O)CCCCCCCCCCC)C(OC(=O)C[C@H](O)CCCCCCCCCCC)[C@@H]2O)[C@H]1NC(=O)C[C@@H](CCCCCCCCCCC)OC(=O)CCCCCCCCCCC. The summed E-state index contributed by atoms with van der Waals surface area (Å²) in [6, 6.07) is -3.86. The van der Waals surface area contributed by atoms with Crippen LogP contribution in [0.15, 0.2) is 0 Å². The second kappa shape index (κ2) is 75.4. The van der Waals surface area contributed by atoms with Crippen molar-refractivity contribution in [2.24, 2.45) is 0 Å². The van der Waals surface area contributed by atoms with Crippen molar-refractivity contribution in [1.82, 2.24) is 10.6 Å². The van der Waals surface area contributed by atoms with Crippen molar-refractivity contribution in [2.45, 2.75) is 551 Å². The van der Waals surface area contributed by atoms with Crippen LogP contribution < -0.4 is 10.6 Å². The van der Waals surface area contributed by atoms with Gasteiger partial charge in [0.15, 0.2) is 24.8 Å². The molecule has 0 aromatic carbocycles. The first-order valence-corrected chi connectivity index (χ1v) is 52.8.